The number of hydrogen-bond donors (Lipinski definition) is 1. The van der Waals surface area contributed by atoms with Crippen LogP contribution >= 0.6 is 0 Å². The lowest BCUT2D eigenvalue weighted by atomic mass is 9.69. The van der Waals surface area contributed by atoms with Crippen LogP contribution in [0.15, 0.2) is 182 Å². The first kappa shape index (κ1) is 46.6. The first-order valence-corrected chi connectivity index (χ1v) is 26.3. The van der Waals surface area contributed by atoms with Gasteiger partial charge < -0.3 is 52.5 Å². The molecule has 2 saturated heterocycles. The summed E-state index contributed by atoms with van der Waals surface area (Å²) in [5, 5.41) is 11.3. The zero-order valence-corrected chi connectivity index (χ0v) is 41.8. The third-order valence-corrected chi connectivity index (χ3v) is 16.1. The highest BCUT2D eigenvalue weighted by atomic mass is 16.7. The molecule has 6 atom stereocenters. The number of epoxide rings is 2. The van der Waals surface area contributed by atoms with Crippen molar-refractivity contribution in [1.82, 2.24) is 0 Å². The molecule has 0 aromatic heterocycles. The van der Waals surface area contributed by atoms with E-state index in [1.54, 1.807) is 0 Å². The third-order valence-electron chi connectivity index (χ3n) is 16.1. The third kappa shape index (κ3) is 8.62. The van der Waals surface area contributed by atoms with Crippen LogP contribution in [0.5, 0.6) is 46.0 Å². The van der Waals surface area contributed by atoms with Crippen LogP contribution in [0.4, 0.5) is 0 Å². The summed E-state index contributed by atoms with van der Waals surface area (Å²) in [7, 11) is 0. The van der Waals surface area contributed by atoms with E-state index >= 15 is 0 Å². The van der Waals surface area contributed by atoms with Crippen molar-refractivity contribution in [3.63, 3.8) is 0 Å². The molecule has 382 valence electrons. The van der Waals surface area contributed by atoms with Crippen molar-refractivity contribution in [2.24, 2.45) is 0 Å². The molecular weight excluding hydrogens is 957 g/mol. The number of benzene rings is 8. The highest BCUT2D eigenvalue weighted by Gasteiger charge is 2.50. The molecule has 14 rings (SSSR count). The van der Waals surface area contributed by atoms with Gasteiger partial charge >= 0.3 is 0 Å². The van der Waals surface area contributed by atoms with Crippen LogP contribution in [0.2, 0.25) is 0 Å². The number of aliphatic hydroxyl groups excluding tert-OH is 1. The van der Waals surface area contributed by atoms with Gasteiger partial charge in [-0.15, -0.1) is 0 Å². The van der Waals surface area contributed by atoms with Crippen LogP contribution in [0.3, 0.4) is 0 Å². The maximum Gasteiger partial charge on any atom is 0.231 e. The molecule has 8 aromatic carbocycles. The van der Waals surface area contributed by atoms with Crippen LogP contribution in [0, 0.1) is 0 Å². The lowest BCUT2D eigenvalue weighted by molar-refractivity contribution is 0.0626. The molecule has 8 aromatic rings. The zero-order chi connectivity index (χ0) is 50.6. The Morgan fingerprint density at radius 2 is 0.750 bits per heavy atom. The fourth-order valence-electron chi connectivity index (χ4n) is 12.2. The van der Waals surface area contributed by atoms with Crippen LogP contribution in [0.25, 0.3) is 0 Å². The molecule has 0 saturated carbocycles. The molecule has 2 aliphatic carbocycles. The Hall–Kier alpha value is -7.96. The van der Waals surface area contributed by atoms with Gasteiger partial charge in [0, 0.05) is 22.7 Å². The summed E-state index contributed by atoms with van der Waals surface area (Å²) < 4.78 is 59.4. The fourth-order valence-corrected chi connectivity index (χ4v) is 12.2. The molecule has 11 heteroatoms. The molecule has 6 unspecified atom stereocenters. The van der Waals surface area contributed by atoms with Crippen LogP contribution < -0.4 is 37.9 Å². The van der Waals surface area contributed by atoms with Crippen molar-refractivity contribution in [3.8, 4) is 46.0 Å². The van der Waals surface area contributed by atoms with Crippen molar-refractivity contribution >= 4 is 0 Å². The van der Waals surface area contributed by atoms with Crippen molar-refractivity contribution < 1.29 is 52.5 Å². The van der Waals surface area contributed by atoms with Crippen molar-refractivity contribution in [2.45, 2.75) is 53.8 Å². The summed E-state index contributed by atoms with van der Waals surface area (Å²) in [6.07, 6.45) is 1.01. The van der Waals surface area contributed by atoms with Gasteiger partial charge in [0.15, 0.2) is 23.0 Å². The van der Waals surface area contributed by atoms with Crippen molar-refractivity contribution in [2.75, 3.05) is 53.2 Å². The highest BCUT2D eigenvalue weighted by molar-refractivity contribution is 5.67. The lowest BCUT2D eigenvalue weighted by Gasteiger charge is -2.33. The van der Waals surface area contributed by atoms with E-state index in [0.29, 0.717) is 24.7 Å². The minimum Gasteiger partial charge on any atom is -0.491 e. The second kappa shape index (κ2) is 19.3. The summed E-state index contributed by atoms with van der Waals surface area (Å²) in [4.78, 5) is 0. The van der Waals surface area contributed by atoms with E-state index in [-0.39, 0.29) is 50.8 Å². The topological polar surface area (TPSA) is 119 Å². The molecule has 0 spiro atoms. The average Bonchev–Trinajstić information content (AvgIpc) is 4.35. The number of aliphatic hydroxyl groups is 1. The normalized spacial score (nSPS) is 23.3. The summed E-state index contributed by atoms with van der Waals surface area (Å²) >= 11 is 0. The van der Waals surface area contributed by atoms with Gasteiger partial charge in [-0.1, -0.05) is 109 Å². The minimum atomic E-state index is -0.897. The van der Waals surface area contributed by atoms with Gasteiger partial charge in [-0.05, 0) is 141 Å². The highest BCUT2D eigenvalue weighted by Crippen LogP contribution is 2.60. The van der Waals surface area contributed by atoms with Gasteiger partial charge in [-0.2, -0.15) is 0 Å². The maximum atomic E-state index is 11.3. The summed E-state index contributed by atoms with van der Waals surface area (Å²) in [6, 6.07) is 63.6. The first-order valence-electron chi connectivity index (χ1n) is 26.3. The van der Waals surface area contributed by atoms with E-state index in [1.165, 1.54) is 33.4 Å². The summed E-state index contributed by atoms with van der Waals surface area (Å²) in [6.45, 7) is 3.03. The van der Waals surface area contributed by atoms with Gasteiger partial charge in [0.2, 0.25) is 13.6 Å². The molecule has 0 amide bonds. The van der Waals surface area contributed by atoms with E-state index in [4.69, 9.17) is 47.4 Å². The summed E-state index contributed by atoms with van der Waals surface area (Å²) in [5.41, 5.74) is 10.7. The molecule has 0 radical (unpaired) electrons. The molecule has 6 aliphatic rings. The Kier molecular flexibility index (Phi) is 11.8. The predicted molar refractivity (Wildman–Crippen MR) is 284 cm³/mol. The molecule has 0 bridgehead atoms. The lowest BCUT2D eigenvalue weighted by Crippen LogP contribution is -2.27. The Morgan fingerprint density at radius 1 is 0.421 bits per heavy atom. The van der Waals surface area contributed by atoms with E-state index in [0.717, 1.165) is 82.8 Å². The second-order valence-electron chi connectivity index (χ2n) is 20.6. The van der Waals surface area contributed by atoms with E-state index in [1.807, 2.05) is 24.3 Å². The molecule has 4 aliphatic heterocycles. The van der Waals surface area contributed by atoms with Gasteiger partial charge in [0.1, 0.15) is 67.7 Å². The van der Waals surface area contributed by atoms with Crippen LogP contribution in [-0.4, -0.2) is 76.6 Å². The van der Waals surface area contributed by atoms with Gasteiger partial charge in [-0.25, -0.2) is 0 Å². The Bertz CT molecular complexity index is 3130. The fraction of sp³-hybridized carbons (Fsp3) is 0.262. The molecule has 1 N–H and O–H groups in total. The maximum absolute atomic E-state index is 11.3. The standard InChI is InChI=1S/C65H56O11/c66-47(33-67-48-19-11-43(12-20-48)64(45-15-23-50(24-16-45)69-35-52-37-71-52)31-56(41-7-3-1-4-8-41)54-27-60-62(29-58(54)64)75-39-73-60)34-68-49-21-13-44(14-22-49)65(46-17-25-51(26-18-46)70-36-53-38-72-53)32-57(42-9-5-2-6-10-42)55-28-61-63(30-59(55)65)76-40-74-61/h1-30,47,52-53,56-57,66H,31-40H2. The van der Waals surface area contributed by atoms with Gasteiger partial charge in [0.05, 0.1) is 13.2 Å². The minimum absolute atomic E-state index is 0.0442. The zero-order valence-electron chi connectivity index (χ0n) is 41.8. The number of fused-ring (bicyclic) bond motifs is 4. The van der Waals surface area contributed by atoms with E-state index in [2.05, 4.69) is 158 Å². The smallest absolute Gasteiger partial charge is 0.231 e. The molecular formula is C65H56O11. The summed E-state index contributed by atoms with van der Waals surface area (Å²) in [5.74, 6) is 6.12. The van der Waals surface area contributed by atoms with Crippen LogP contribution in [0.1, 0.15) is 80.3 Å². The van der Waals surface area contributed by atoms with Crippen LogP contribution in [-0.2, 0) is 20.3 Å². The Labute approximate surface area is 441 Å². The second-order valence-corrected chi connectivity index (χ2v) is 20.6. The van der Waals surface area contributed by atoms with Gasteiger partial charge in [-0.3, -0.25) is 0 Å². The number of rotatable bonds is 18. The first-order chi connectivity index (χ1) is 37.5. The molecule has 2 fully saturated rings. The molecule has 4 heterocycles. The Balaban J connectivity index is 0.706. The largest absolute Gasteiger partial charge is 0.491 e. The van der Waals surface area contributed by atoms with Crippen molar-refractivity contribution in [1.29, 1.82) is 0 Å². The monoisotopic (exact) mass is 1010 g/mol. The predicted octanol–water partition coefficient (Wildman–Crippen LogP) is 11.3. The average molecular weight is 1010 g/mol. The number of hydrogen-bond acceptors (Lipinski definition) is 11. The molecule has 11 nitrogen and oxygen atoms in total. The van der Waals surface area contributed by atoms with E-state index < -0.39 is 16.9 Å². The SMILES string of the molecule is OC(COc1ccc(C2(c3ccc(OCC4CO4)cc3)CC(c3ccccc3)c3cc4c(cc32)OCO4)cc1)COc1ccc(C2(c3ccc(OCC4CO4)cc3)CC(c3ccccc3)c3cc4c(cc32)OCO4)cc1. The van der Waals surface area contributed by atoms with E-state index in [9.17, 15) is 5.11 Å². The van der Waals surface area contributed by atoms with Gasteiger partial charge in [0.25, 0.3) is 0 Å². The van der Waals surface area contributed by atoms with Crippen molar-refractivity contribution in [3.05, 3.63) is 238 Å². The quantitative estimate of drug-likeness (QED) is 0.0828. The Morgan fingerprint density at radius 3 is 1.09 bits per heavy atom. The number of ether oxygens (including phenoxy) is 10. The molecule has 76 heavy (non-hydrogen) atoms.